The van der Waals surface area contributed by atoms with Gasteiger partial charge in [0.2, 0.25) is 0 Å². The topological polar surface area (TPSA) is 20.2 Å². The summed E-state index contributed by atoms with van der Waals surface area (Å²) < 4.78 is 0. The largest absolute Gasteiger partial charge is 0.392 e. The van der Waals surface area contributed by atoms with Crippen LogP contribution in [0.25, 0.3) is 0 Å². The predicted molar refractivity (Wildman–Crippen MR) is 64.9 cm³/mol. The molecule has 0 aliphatic carbocycles. The Morgan fingerprint density at radius 1 is 1.33 bits per heavy atom. The third kappa shape index (κ3) is 3.52. The van der Waals surface area contributed by atoms with Crippen molar-refractivity contribution in [1.82, 2.24) is 0 Å². The van der Waals surface area contributed by atoms with Crippen LogP contribution in [0.3, 0.4) is 0 Å². The molecule has 1 aromatic rings. The molecule has 0 amide bonds. The SMILES string of the molecule is C=CCCC(O)C(CC)c1ccccc1. The maximum absolute atomic E-state index is 10.0. The van der Waals surface area contributed by atoms with Crippen LogP contribution in [0.4, 0.5) is 0 Å². The molecule has 0 aliphatic rings. The Labute approximate surface area is 92.5 Å². The highest BCUT2D eigenvalue weighted by Gasteiger charge is 2.17. The number of benzene rings is 1. The maximum atomic E-state index is 10.0. The summed E-state index contributed by atoms with van der Waals surface area (Å²) in [7, 11) is 0. The van der Waals surface area contributed by atoms with E-state index in [9.17, 15) is 5.11 Å². The first-order valence-corrected chi connectivity index (χ1v) is 5.63. The molecule has 1 aromatic carbocycles. The average molecular weight is 204 g/mol. The monoisotopic (exact) mass is 204 g/mol. The molecule has 0 bridgehead atoms. The van der Waals surface area contributed by atoms with Crippen LogP contribution < -0.4 is 0 Å². The van der Waals surface area contributed by atoms with Crippen LogP contribution >= 0.6 is 0 Å². The van der Waals surface area contributed by atoms with E-state index in [-0.39, 0.29) is 12.0 Å². The van der Waals surface area contributed by atoms with Crippen LogP contribution in [-0.2, 0) is 0 Å². The van der Waals surface area contributed by atoms with Gasteiger partial charge in [-0.05, 0) is 24.8 Å². The number of aliphatic hydroxyl groups excluding tert-OH is 1. The second-order valence-corrected chi connectivity index (χ2v) is 3.86. The van der Waals surface area contributed by atoms with Crippen molar-refractivity contribution in [3.63, 3.8) is 0 Å². The minimum absolute atomic E-state index is 0.254. The smallest absolute Gasteiger partial charge is 0.0611 e. The summed E-state index contributed by atoms with van der Waals surface area (Å²) in [6.07, 6.45) is 4.26. The van der Waals surface area contributed by atoms with Crippen LogP contribution in [0, 0.1) is 0 Å². The maximum Gasteiger partial charge on any atom is 0.0611 e. The van der Waals surface area contributed by atoms with E-state index in [0.29, 0.717) is 0 Å². The molecule has 0 saturated carbocycles. The summed E-state index contributed by atoms with van der Waals surface area (Å²) in [5.74, 6) is 0.256. The first kappa shape index (κ1) is 12.0. The molecule has 1 rings (SSSR count). The number of hydrogen-bond donors (Lipinski definition) is 1. The Morgan fingerprint density at radius 3 is 2.53 bits per heavy atom. The van der Waals surface area contributed by atoms with Gasteiger partial charge in [-0.15, -0.1) is 6.58 Å². The van der Waals surface area contributed by atoms with E-state index in [0.717, 1.165) is 19.3 Å². The fraction of sp³-hybridized carbons (Fsp3) is 0.429. The van der Waals surface area contributed by atoms with Crippen LogP contribution in [0.2, 0.25) is 0 Å². The number of allylic oxidation sites excluding steroid dienone is 1. The standard InChI is InChI=1S/C14H20O/c1-3-5-11-14(15)13(4-2)12-9-7-6-8-10-12/h3,6-10,13-15H,1,4-5,11H2,2H3. The Morgan fingerprint density at radius 2 is 2.00 bits per heavy atom. The van der Waals surface area contributed by atoms with Gasteiger partial charge in [0.05, 0.1) is 6.10 Å². The Bertz CT molecular complexity index is 279. The third-order valence-corrected chi connectivity index (χ3v) is 2.80. The van der Waals surface area contributed by atoms with Gasteiger partial charge in [-0.3, -0.25) is 0 Å². The molecule has 0 saturated heterocycles. The van der Waals surface area contributed by atoms with Crippen molar-refractivity contribution in [2.75, 3.05) is 0 Å². The molecule has 0 radical (unpaired) electrons. The summed E-state index contributed by atoms with van der Waals surface area (Å²) >= 11 is 0. The van der Waals surface area contributed by atoms with Crippen LogP contribution in [0.1, 0.15) is 37.7 Å². The van der Waals surface area contributed by atoms with Crippen molar-refractivity contribution < 1.29 is 5.11 Å². The molecule has 1 N–H and O–H groups in total. The van der Waals surface area contributed by atoms with Gasteiger partial charge in [0.1, 0.15) is 0 Å². The van der Waals surface area contributed by atoms with Crippen molar-refractivity contribution in [2.45, 2.75) is 38.2 Å². The number of hydrogen-bond acceptors (Lipinski definition) is 1. The van der Waals surface area contributed by atoms with E-state index in [4.69, 9.17) is 0 Å². The summed E-state index contributed by atoms with van der Waals surface area (Å²) in [5, 5.41) is 10.0. The fourth-order valence-corrected chi connectivity index (χ4v) is 1.92. The van der Waals surface area contributed by atoms with Gasteiger partial charge in [-0.25, -0.2) is 0 Å². The molecule has 0 heterocycles. The summed E-state index contributed by atoms with van der Waals surface area (Å²) in [5.41, 5.74) is 1.23. The molecule has 2 unspecified atom stereocenters. The van der Waals surface area contributed by atoms with Crippen molar-refractivity contribution in [2.24, 2.45) is 0 Å². The molecule has 0 aliphatic heterocycles. The average Bonchev–Trinajstić information content (AvgIpc) is 2.29. The third-order valence-electron chi connectivity index (χ3n) is 2.80. The Balaban J connectivity index is 2.66. The first-order chi connectivity index (χ1) is 7.29. The minimum Gasteiger partial charge on any atom is -0.392 e. The quantitative estimate of drug-likeness (QED) is 0.703. The summed E-state index contributed by atoms with van der Waals surface area (Å²) in [4.78, 5) is 0. The van der Waals surface area contributed by atoms with E-state index in [1.165, 1.54) is 5.56 Å². The zero-order valence-electron chi connectivity index (χ0n) is 9.39. The second kappa shape index (κ2) is 6.41. The summed E-state index contributed by atoms with van der Waals surface area (Å²) in [6.45, 7) is 5.80. The Hall–Kier alpha value is -1.08. The Kier molecular flexibility index (Phi) is 5.13. The lowest BCUT2D eigenvalue weighted by Crippen LogP contribution is -2.17. The van der Waals surface area contributed by atoms with E-state index in [2.05, 4.69) is 25.6 Å². The molecule has 82 valence electrons. The molecular weight excluding hydrogens is 184 g/mol. The summed E-state index contributed by atoms with van der Waals surface area (Å²) in [6, 6.07) is 10.2. The zero-order chi connectivity index (χ0) is 11.1. The second-order valence-electron chi connectivity index (χ2n) is 3.86. The van der Waals surface area contributed by atoms with Gasteiger partial charge >= 0.3 is 0 Å². The lowest BCUT2D eigenvalue weighted by Gasteiger charge is -2.21. The van der Waals surface area contributed by atoms with E-state index < -0.39 is 0 Å². The highest BCUT2D eigenvalue weighted by molar-refractivity contribution is 5.20. The van der Waals surface area contributed by atoms with Gasteiger partial charge in [-0.1, -0.05) is 43.3 Å². The van der Waals surface area contributed by atoms with Crippen molar-refractivity contribution in [1.29, 1.82) is 0 Å². The van der Waals surface area contributed by atoms with Crippen LogP contribution in [0.15, 0.2) is 43.0 Å². The van der Waals surface area contributed by atoms with E-state index >= 15 is 0 Å². The normalized spacial score (nSPS) is 14.5. The number of rotatable bonds is 6. The van der Waals surface area contributed by atoms with Gasteiger partial charge in [0, 0.05) is 5.92 Å². The van der Waals surface area contributed by atoms with Gasteiger partial charge in [0.25, 0.3) is 0 Å². The van der Waals surface area contributed by atoms with Crippen molar-refractivity contribution >= 4 is 0 Å². The van der Waals surface area contributed by atoms with Crippen LogP contribution in [0.5, 0.6) is 0 Å². The molecular formula is C14H20O. The van der Waals surface area contributed by atoms with Crippen molar-refractivity contribution in [3.8, 4) is 0 Å². The van der Waals surface area contributed by atoms with Gasteiger partial charge < -0.3 is 5.11 Å². The molecule has 0 aromatic heterocycles. The molecule has 2 atom stereocenters. The predicted octanol–water partition coefficient (Wildman–Crippen LogP) is 3.51. The molecule has 15 heavy (non-hydrogen) atoms. The van der Waals surface area contributed by atoms with Gasteiger partial charge in [0.15, 0.2) is 0 Å². The van der Waals surface area contributed by atoms with E-state index in [1.54, 1.807) is 0 Å². The fourth-order valence-electron chi connectivity index (χ4n) is 1.92. The minimum atomic E-state index is -0.254. The molecule has 1 heteroatoms. The lowest BCUT2D eigenvalue weighted by molar-refractivity contribution is 0.132. The van der Waals surface area contributed by atoms with Crippen molar-refractivity contribution in [3.05, 3.63) is 48.6 Å². The first-order valence-electron chi connectivity index (χ1n) is 5.63. The highest BCUT2D eigenvalue weighted by Crippen LogP contribution is 2.25. The molecule has 0 fully saturated rings. The van der Waals surface area contributed by atoms with Crippen LogP contribution in [-0.4, -0.2) is 11.2 Å². The van der Waals surface area contributed by atoms with E-state index in [1.807, 2.05) is 24.3 Å². The highest BCUT2D eigenvalue weighted by atomic mass is 16.3. The molecule has 0 spiro atoms. The number of aliphatic hydroxyl groups is 1. The lowest BCUT2D eigenvalue weighted by atomic mass is 9.89. The molecule has 1 nitrogen and oxygen atoms in total. The van der Waals surface area contributed by atoms with Gasteiger partial charge in [-0.2, -0.15) is 0 Å². The zero-order valence-corrected chi connectivity index (χ0v) is 9.39.